The topological polar surface area (TPSA) is 71.4 Å². The smallest absolute Gasteiger partial charge is 0.250 e. The van der Waals surface area contributed by atoms with Gasteiger partial charge < -0.3 is 9.88 Å². The summed E-state index contributed by atoms with van der Waals surface area (Å²) in [7, 11) is 0. The van der Waals surface area contributed by atoms with Crippen molar-refractivity contribution in [1.82, 2.24) is 9.47 Å². The van der Waals surface area contributed by atoms with Crippen molar-refractivity contribution in [3.8, 4) is 0 Å². The van der Waals surface area contributed by atoms with Crippen molar-refractivity contribution in [3.63, 3.8) is 0 Å². The van der Waals surface area contributed by atoms with Crippen molar-refractivity contribution in [2.24, 2.45) is 5.92 Å². The fourth-order valence-electron chi connectivity index (χ4n) is 5.12. The standard InChI is InChI=1S/C26H23BrClN3O3/c27-18-8-9-22(20(11-18)26(34)19-4-1-2-5-21(19)28)29-24(32)15-30-12-16-10-17(14-30)23-6-3-7-25(33)31(23)13-16/h1-9,11,16-17H,10,12-15H2,(H,29,32). The summed E-state index contributed by atoms with van der Waals surface area (Å²) in [5, 5.41) is 3.29. The first-order valence-electron chi connectivity index (χ1n) is 11.2. The fraction of sp³-hybridized carbons (Fsp3) is 0.269. The van der Waals surface area contributed by atoms with Crippen LogP contribution in [0.4, 0.5) is 5.69 Å². The van der Waals surface area contributed by atoms with Gasteiger partial charge in [-0.15, -0.1) is 0 Å². The van der Waals surface area contributed by atoms with E-state index < -0.39 is 0 Å². The maximum Gasteiger partial charge on any atom is 0.250 e. The summed E-state index contributed by atoms with van der Waals surface area (Å²) in [5.74, 6) is 0.140. The van der Waals surface area contributed by atoms with Crippen LogP contribution in [0.1, 0.15) is 34.0 Å². The molecule has 1 amide bonds. The van der Waals surface area contributed by atoms with Crippen LogP contribution in [0.2, 0.25) is 5.02 Å². The molecule has 1 fully saturated rings. The molecule has 0 spiro atoms. The first kappa shape index (κ1) is 23.0. The molecule has 1 saturated heterocycles. The Morgan fingerprint density at radius 2 is 1.82 bits per heavy atom. The van der Waals surface area contributed by atoms with Crippen LogP contribution in [0.15, 0.2) is 69.9 Å². The number of ketones is 1. The number of amides is 1. The minimum atomic E-state index is -0.253. The van der Waals surface area contributed by atoms with E-state index in [2.05, 4.69) is 26.1 Å². The molecule has 2 aromatic carbocycles. The second-order valence-corrected chi connectivity index (χ2v) is 10.3. The van der Waals surface area contributed by atoms with E-state index in [1.807, 2.05) is 16.7 Å². The SMILES string of the molecule is O=C(CN1CC2CC(C1)c1cccc(=O)n1C2)Nc1ccc(Br)cc1C(=O)c1ccccc1Cl. The molecule has 1 aromatic heterocycles. The number of nitrogens with zero attached hydrogens (tertiary/aromatic N) is 2. The number of pyridine rings is 1. The fourth-order valence-corrected chi connectivity index (χ4v) is 5.70. The predicted octanol–water partition coefficient (Wildman–Crippen LogP) is 4.55. The highest BCUT2D eigenvalue weighted by molar-refractivity contribution is 9.10. The number of benzene rings is 2. The Balaban J connectivity index is 1.32. The number of halogens is 2. The van der Waals surface area contributed by atoms with Gasteiger partial charge in [0.1, 0.15) is 0 Å². The van der Waals surface area contributed by atoms with E-state index in [-0.39, 0.29) is 29.7 Å². The third-order valence-electron chi connectivity index (χ3n) is 6.54. The first-order valence-corrected chi connectivity index (χ1v) is 12.4. The van der Waals surface area contributed by atoms with Crippen molar-refractivity contribution < 1.29 is 9.59 Å². The molecule has 174 valence electrons. The summed E-state index contributed by atoms with van der Waals surface area (Å²) in [6, 6.07) is 17.5. The lowest BCUT2D eigenvalue weighted by atomic mass is 9.83. The van der Waals surface area contributed by atoms with Crippen molar-refractivity contribution in [3.05, 3.63) is 97.3 Å². The van der Waals surface area contributed by atoms with Gasteiger partial charge in [0, 0.05) is 52.9 Å². The molecule has 0 aliphatic carbocycles. The Labute approximate surface area is 210 Å². The van der Waals surface area contributed by atoms with Gasteiger partial charge in [-0.1, -0.05) is 45.7 Å². The average molecular weight is 541 g/mol. The molecule has 34 heavy (non-hydrogen) atoms. The number of hydrogen-bond donors (Lipinski definition) is 1. The zero-order valence-corrected chi connectivity index (χ0v) is 20.7. The number of carbonyl (C=O) groups is 2. The van der Waals surface area contributed by atoms with Crippen LogP contribution >= 0.6 is 27.5 Å². The molecule has 2 aliphatic rings. The van der Waals surface area contributed by atoms with E-state index in [1.165, 1.54) is 0 Å². The summed E-state index contributed by atoms with van der Waals surface area (Å²) in [5.41, 5.74) is 2.31. The molecule has 2 bridgehead atoms. The van der Waals surface area contributed by atoms with E-state index >= 15 is 0 Å². The third-order valence-corrected chi connectivity index (χ3v) is 7.36. The van der Waals surface area contributed by atoms with Gasteiger partial charge in [-0.05, 0) is 48.7 Å². The normalized spacial score (nSPS) is 19.4. The van der Waals surface area contributed by atoms with Gasteiger partial charge in [0.25, 0.3) is 5.56 Å². The Kier molecular flexibility index (Phi) is 6.42. The Bertz CT molecular complexity index is 1340. The number of anilines is 1. The highest BCUT2D eigenvalue weighted by atomic mass is 79.9. The number of fused-ring (bicyclic) bond motifs is 4. The van der Waals surface area contributed by atoms with E-state index in [1.54, 1.807) is 48.5 Å². The van der Waals surface area contributed by atoms with Crippen molar-refractivity contribution in [1.29, 1.82) is 0 Å². The summed E-state index contributed by atoms with van der Waals surface area (Å²) in [6.45, 7) is 2.39. The average Bonchev–Trinajstić information content (AvgIpc) is 2.81. The van der Waals surface area contributed by atoms with E-state index in [0.29, 0.717) is 34.3 Å². The number of nitrogens with one attached hydrogen (secondary N) is 1. The van der Waals surface area contributed by atoms with Gasteiger partial charge in [-0.2, -0.15) is 0 Å². The largest absolute Gasteiger partial charge is 0.324 e. The van der Waals surface area contributed by atoms with E-state index in [4.69, 9.17) is 11.6 Å². The molecule has 5 rings (SSSR count). The van der Waals surface area contributed by atoms with Crippen LogP contribution in [0, 0.1) is 5.92 Å². The monoisotopic (exact) mass is 539 g/mol. The molecule has 3 heterocycles. The van der Waals surface area contributed by atoms with Crippen LogP contribution in [-0.2, 0) is 11.3 Å². The lowest BCUT2D eigenvalue weighted by Gasteiger charge is -2.42. The quantitative estimate of drug-likeness (QED) is 0.482. The molecule has 6 nitrogen and oxygen atoms in total. The zero-order chi connectivity index (χ0) is 23.8. The Morgan fingerprint density at radius 3 is 2.65 bits per heavy atom. The third kappa shape index (κ3) is 4.60. The van der Waals surface area contributed by atoms with Gasteiger partial charge in [-0.3, -0.25) is 19.3 Å². The Morgan fingerprint density at radius 1 is 1.00 bits per heavy atom. The highest BCUT2D eigenvalue weighted by Gasteiger charge is 2.35. The number of aromatic nitrogens is 1. The Hall–Kier alpha value is -2.74. The number of rotatable bonds is 5. The molecule has 2 aliphatic heterocycles. The lowest BCUT2D eigenvalue weighted by Crippen LogP contribution is -2.49. The lowest BCUT2D eigenvalue weighted by molar-refractivity contribution is -0.117. The molecular formula is C26H23BrClN3O3. The van der Waals surface area contributed by atoms with Gasteiger partial charge in [0.2, 0.25) is 5.91 Å². The maximum absolute atomic E-state index is 13.2. The highest BCUT2D eigenvalue weighted by Crippen LogP contribution is 2.35. The van der Waals surface area contributed by atoms with Gasteiger partial charge >= 0.3 is 0 Å². The molecule has 2 atom stereocenters. The van der Waals surface area contributed by atoms with Gasteiger partial charge in [0.15, 0.2) is 5.78 Å². The van der Waals surface area contributed by atoms with E-state index in [9.17, 15) is 14.4 Å². The molecule has 0 saturated carbocycles. The molecule has 2 unspecified atom stereocenters. The minimum Gasteiger partial charge on any atom is -0.324 e. The predicted molar refractivity (Wildman–Crippen MR) is 136 cm³/mol. The second kappa shape index (κ2) is 9.49. The summed E-state index contributed by atoms with van der Waals surface area (Å²) in [6.07, 6.45) is 1.03. The molecule has 3 aromatic rings. The number of carbonyl (C=O) groups excluding carboxylic acids is 2. The van der Waals surface area contributed by atoms with Gasteiger partial charge in [-0.25, -0.2) is 0 Å². The van der Waals surface area contributed by atoms with Crippen LogP contribution in [0.3, 0.4) is 0 Å². The number of piperidine rings is 1. The first-order chi connectivity index (χ1) is 16.4. The van der Waals surface area contributed by atoms with Crippen LogP contribution in [-0.4, -0.2) is 40.8 Å². The second-order valence-electron chi connectivity index (χ2n) is 8.94. The van der Waals surface area contributed by atoms with Gasteiger partial charge in [0.05, 0.1) is 17.3 Å². The molecule has 8 heteroatoms. The molecule has 0 radical (unpaired) electrons. The number of likely N-dealkylation sites (tertiary alicyclic amines) is 1. The minimum absolute atomic E-state index is 0.0457. The summed E-state index contributed by atoms with van der Waals surface area (Å²) < 4.78 is 2.61. The van der Waals surface area contributed by atoms with Crippen LogP contribution in [0.25, 0.3) is 0 Å². The summed E-state index contributed by atoms with van der Waals surface area (Å²) >= 11 is 9.66. The van der Waals surface area contributed by atoms with Crippen molar-refractivity contribution in [2.45, 2.75) is 18.9 Å². The van der Waals surface area contributed by atoms with E-state index in [0.717, 1.165) is 29.7 Å². The van der Waals surface area contributed by atoms with Crippen LogP contribution in [0.5, 0.6) is 0 Å². The van der Waals surface area contributed by atoms with Crippen molar-refractivity contribution in [2.75, 3.05) is 25.0 Å². The maximum atomic E-state index is 13.2. The number of hydrogen-bond acceptors (Lipinski definition) is 4. The van der Waals surface area contributed by atoms with Crippen LogP contribution < -0.4 is 10.9 Å². The molecule has 1 N–H and O–H groups in total. The molecular weight excluding hydrogens is 518 g/mol. The summed E-state index contributed by atoms with van der Waals surface area (Å²) in [4.78, 5) is 40.6. The van der Waals surface area contributed by atoms with Crippen molar-refractivity contribution >= 4 is 44.9 Å². The zero-order valence-electron chi connectivity index (χ0n) is 18.3.